The molecule has 0 amide bonds. The molecule has 0 spiro atoms. The van der Waals surface area contributed by atoms with Gasteiger partial charge in [0.2, 0.25) is 0 Å². The fourth-order valence-corrected chi connectivity index (χ4v) is 3.35. The van der Waals surface area contributed by atoms with Gasteiger partial charge < -0.3 is 5.73 Å². The predicted molar refractivity (Wildman–Crippen MR) is 68.1 cm³/mol. The van der Waals surface area contributed by atoms with Gasteiger partial charge in [0.25, 0.3) is 0 Å². The van der Waals surface area contributed by atoms with Crippen molar-refractivity contribution in [3.8, 4) is 0 Å². The molecular weight excluding hydrogens is 210 g/mol. The third-order valence-corrected chi connectivity index (χ3v) is 4.48. The molecule has 80 valence electrons. The number of thioether (sulfide) groups is 1. The maximum absolute atomic E-state index is 5.69. The van der Waals surface area contributed by atoms with Crippen LogP contribution in [0.4, 0.5) is 0 Å². The average Bonchev–Trinajstić information content (AvgIpc) is 2.60. The molecule has 0 radical (unpaired) electrons. The van der Waals surface area contributed by atoms with Crippen LogP contribution < -0.4 is 5.73 Å². The second kappa shape index (κ2) is 6.49. The van der Waals surface area contributed by atoms with Crippen LogP contribution in [0.15, 0.2) is 12.1 Å². The summed E-state index contributed by atoms with van der Waals surface area (Å²) in [7, 11) is 0. The van der Waals surface area contributed by atoms with Crippen molar-refractivity contribution in [1.82, 2.24) is 0 Å². The summed E-state index contributed by atoms with van der Waals surface area (Å²) in [6.07, 6.45) is 2.28. The van der Waals surface area contributed by atoms with Crippen LogP contribution in [0.25, 0.3) is 0 Å². The normalized spacial score (nSPS) is 13.1. The fraction of sp³-hybridized carbons (Fsp3) is 0.636. The van der Waals surface area contributed by atoms with E-state index in [4.69, 9.17) is 5.73 Å². The average molecular weight is 229 g/mol. The van der Waals surface area contributed by atoms with Crippen molar-refractivity contribution in [1.29, 1.82) is 0 Å². The molecule has 1 heterocycles. The molecule has 1 nitrogen and oxygen atoms in total. The predicted octanol–water partition coefficient (Wildman–Crippen LogP) is 3.28. The maximum atomic E-state index is 5.69. The molecule has 1 aromatic rings. The summed E-state index contributed by atoms with van der Waals surface area (Å²) in [6, 6.07) is 4.84. The molecule has 0 aliphatic heterocycles. The number of nitrogens with two attached hydrogens (primary N) is 1. The van der Waals surface area contributed by atoms with E-state index in [2.05, 4.69) is 26.0 Å². The molecule has 0 aliphatic carbocycles. The second-order valence-corrected chi connectivity index (χ2v) is 5.90. The standard InChI is InChI=1S/C11H19NS2/c1-3-10-4-5-11(14-10)8-13-7-6-9(2)12/h4-5,9H,3,6-8,12H2,1-2H3. The molecule has 0 fully saturated rings. The van der Waals surface area contributed by atoms with E-state index < -0.39 is 0 Å². The number of thiophene rings is 1. The lowest BCUT2D eigenvalue weighted by Crippen LogP contribution is -2.15. The van der Waals surface area contributed by atoms with Gasteiger partial charge in [-0.3, -0.25) is 0 Å². The van der Waals surface area contributed by atoms with Crippen LogP contribution in [0.3, 0.4) is 0 Å². The number of hydrogen-bond acceptors (Lipinski definition) is 3. The van der Waals surface area contributed by atoms with Gasteiger partial charge in [0.15, 0.2) is 0 Å². The fourth-order valence-electron chi connectivity index (χ4n) is 1.13. The molecule has 1 rings (SSSR count). The molecule has 2 N–H and O–H groups in total. The maximum Gasteiger partial charge on any atom is 0.0279 e. The SMILES string of the molecule is CCc1ccc(CSCCC(C)N)s1. The van der Waals surface area contributed by atoms with Gasteiger partial charge in [-0.25, -0.2) is 0 Å². The zero-order valence-electron chi connectivity index (χ0n) is 8.95. The lowest BCUT2D eigenvalue weighted by Gasteiger charge is -2.03. The van der Waals surface area contributed by atoms with E-state index in [0.717, 1.165) is 18.6 Å². The third kappa shape index (κ3) is 4.49. The molecule has 1 unspecified atom stereocenters. The highest BCUT2D eigenvalue weighted by Gasteiger charge is 1.99. The zero-order valence-corrected chi connectivity index (χ0v) is 10.6. The summed E-state index contributed by atoms with van der Waals surface area (Å²) in [4.78, 5) is 2.99. The van der Waals surface area contributed by atoms with Crippen LogP contribution in [0.2, 0.25) is 0 Å². The summed E-state index contributed by atoms with van der Waals surface area (Å²) in [5.41, 5.74) is 5.69. The quantitative estimate of drug-likeness (QED) is 0.758. The lowest BCUT2D eigenvalue weighted by atomic mass is 10.3. The molecule has 0 saturated heterocycles. The molecule has 14 heavy (non-hydrogen) atoms. The highest BCUT2D eigenvalue weighted by molar-refractivity contribution is 7.98. The Morgan fingerprint density at radius 1 is 1.43 bits per heavy atom. The van der Waals surface area contributed by atoms with Crippen LogP contribution in [0.1, 0.15) is 30.0 Å². The van der Waals surface area contributed by atoms with Crippen molar-refractivity contribution in [2.24, 2.45) is 5.73 Å². The molecule has 0 saturated carbocycles. The highest BCUT2D eigenvalue weighted by Crippen LogP contribution is 2.22. The van der Waals surface area contributed by atoms with Crippen LogP contribution >= 0.6 is 23.1 Å². The molecule has 0 aliphatic rings. The number of aryl methyl sites for hydroxylation is 1. The van der Waals surface area contributed by atoms with E-state index in [0.29, 0.717) is 6.04 Å². The molecular formula is C11H19NS2. The van der Waals surface area contributed by atoms with Gasteiger partial charge in [-0.1, -0.05) is 6.92 Å². The number of rotatable bonds is 6. The Hall–Kier alpha value is 0.01000. The van der Waals surface area contributed by atoms with Crippen LogP contribution in [-0.4, -0.2) is 11.8 Å². The summed E-state index contributed by atoms with van der Waals surface area (Å²) in [5, 5.41) is 0. The van der Waals surface area contributed by atoms with Gasteiger partial charge in [-0.05, 0) is 37.7 Å². The van der Waals surface area contributed by atoms with E-state index in [9.17, 15) is 0 Å². The number of hydrogen-bond donors (Lipinski definition) is 1. The van der Waals surface area contributed by atoms with Gasteiger partial charge >= 0.3 is 0 Å². The minimum atomic E-state index is 0.344. The minimum absolute atomic E-state index is 0.344. The summed E-state index contributed by atoms with van der Waals surface area (Å²) in [6.45, 7) is 4.28. The minimum Gasteiger partial charge on any atom is -0.328 e. The first-order valence-electron chi connectivity index (χ1n) is 5.13. The van der Waals surface area contributed by atoms with Crippen molar-refractivity contribution >= 4 is 23.1 Å². The zero-order chi connectivity index (χ0) is 10.4. The topological polar surface area (TPSA) is 26.0 Å². The Morgan fingerprint density at radius 3 is 2.71 bits per heavy atom. The van der Waals surface area contributed by atoms with Crippen molar-refractivity contribution in [2.75, 3.05) is 5.75 Å². The van der Waals surface area contributed by atoms with E-state index in [1.807, 2.05) is 23.1 Å². The van der Waals surface area contributed by atoms with E-state index >= 15 is 0 Å². The lowest BCUT2D eigenvalue weighted by molar-refractivity contribution is 0.721. The van der Waals surface area contributed by atoms with Gasteiger partial charge in [0.1, 0.15) is 0 Å². The van der Waals surface area contributed by atoms with Crippen molar-refractivity contribution < 1.29 is 0 Å². The first-order valence-corrected chi connectivity index (χ1v) is 7.10. The van der Waals surface area contributed by atoms with E-state index in [1.54, 1.807) is 0 Å². The van der Waals surface area contributed by atoms with Gasteiger partial charge in [0, 0.05) is 21.5 Å². The Morgan fingerprint density at radius 2 is 2.14 bits per heavy atom. The van der Waals surface area contributed by atoms with E-state index in [1.165, 1.54) is 15.5 Å². The van der Waals surface area contributed by atoms with Crippen molar-refractivity contribution in [3.63, 3.8) is 0 Å². The Bertz CT molecular complexity index is 256. The Kier molecular flexibility index (Phi) is 5.60. The molecule has 1 aromatic heterocycles. The van der Waals surface area contributed by atoms with Crippen LogP contribution in [0.5, 0.6) is 0 Å². The smallest absolute Gasteiger partial charge is 0.0279 e. The molecule has 1 atom stereocenters. The van der Waals surface area contributed by atoms with Gasteiger partial charge in [-0.15, -0.1) is 11.3 Å². The summed E-state index contributed by atoms with van der Waals surface area (Å²) < 4.78 is 0. The summed E-state index contributed by atoms with van der Waals surface area (Å²) >= 11 is 3.93. The first-order chi connectivity index (χ1) is 6.72. The molecule has 0 aromatic carbocycles. The third-order valence-electron chi connectivity index (χ3n) is 2.03. The Labute approximate surface area is 95.1 Å². The van der Waals surface area contributed by atoms with Crippen LogP contribution in [-0.2, 0) is 12.2 Å². The second-order valence-electron chi connectivity index (χ2n) is 3.54. The largest absolute Gasteiger partial charge is 0.328 e. The van der Waals surface area contributed by atoms with Crippen LogP contribution in [0, 0.1) is 0 Å². The monoisotopic (exact) mass is 229 g/mol. The first kappa shape index (κ1) is 12.1. The molecule has 0 bridgehead atoms. The van der Waals surface area contributed by atoms with Gasteiger partial charge in [0.05, 0.1) is 0 Å². The van der Waals surface area contributed by atoms with Crippen molar-refractivity contribution in [3.05, 3.63) is 21.9 Å². The summed E-state index contributed by atoms with van der Waals surface area (Å²) in [5.74, 6) is 2.33. The van der Waals surface area contributed by atoms with Gasteiger partial charge in [-0.2, -0.15) is 11.8 Å². The van der Waals surface area contributed by atoms with Crippen molar-refractivity contribution in [2.45, 2.75) is 38.5 Å². The van der Waals surface area contributed by atoms with E-state index in [-0.39, 0.29) is 0 Å². The highest BCUT2D eigenvalue weighted by atomic mass is 32.2. The Balaban J connectivity index is 2.18. The molecule has 3 heteroatoms.